The van der Waals surface area contributed by atoms with Gasteiger partial charge in [0.2, 0.25) is 0 Å². The van der Waals surface area contributed by atoms with Gasteiger partial charge in [0.05, 0.1) is 6.04 Å². The Hall–Kier alpha value is -1.22. The molecule has 0 spiro atoms. The minimum absolute atomic E-state index is 0.0375. The molecule has 0 radical (unpaired) electrons. The maximum Gasteiger partial charge on any atom is 0.317 e. The first-order chi connectivity index (χ1) is 10.1. The van der Waals surface area contributed by atoms with E-state index < -0.39 is 0 Å². The van der Waals surface area contributed by atoms with Crippen LogP contribution in [0.25, 0.3) is 0 Å². The van der Waals surface area contributed by atoms with Gasteiger partial charge in [-0.1, -0.05) is 56.5 Å². The molecule has 0 unspecified atom stereocenters. The summed E-state index contributed by atoms with van der Waals surface area (Å²) in [6.07, 6.45) is 4.37. The van der Waals surface area contributed by atoms with E-state index in [2.05, 4.69) is 19.2 Å². The standard InChI is InChI=1S/C17H25ClN2O/c1-13(2)12-19-17(21)20-11-7-3-4-10-16(20)14-8-5-6-9-15(14)18/h5-6,8-9,13,16H,3-4,7,10-12H2,1-2H3,(H,19,21)/t16-/m1/s1. The van der Waals surface area contributed by atoms with Crippen molar-refractivity contribution in [1.29, 1.82) is 0 Å². The molecule has 2 amide bonds. The van der Waals surface area contributed by atoms with Crippen LogP contribution in [0.3, 0.4) is 0 Å². The second kappa shape index (κ2) is 7.69. The molecular weight excluding hydrogens is 284 g/mol. The lowest BCUT2D eigenvalue weighted by Crippen LogP contribution is -2.43. The molecule has 0 aliphatic carbocycles. The van der Waals surface area contributed by atoms with Gasteiger partial charge in [-0.05, 0) is 30.4 Å². The Kier molecular flexibility index (Phi) is 5.92. The van der Waals surface area contributed by atoms with E-state index in [1.54, 1.807) is 0 Å². The lowest BCUT2D eigenvalue weighted by molar-refractivity contribution is 0.174. The van der Waals surface area contributed by atoms with Gasteiger partial charge in [-0.3, -0.25) is 0 Å². The van der Waals surface area contributed by atoms with Crippen molar-refractivity contribution < 1.29 is 4.79 Å². The summed E-state index contributed by atoms with van der Waals surface area (Å²) in [4.78, 5) is 14.5. The highest BCUT2D eigenvalue weighted by atomic mass is 35.5. The summed E-state index contributed by atoms with van der Waals surface area (Å²) >= 11 is 6.35. The molecule has 3 nitrogen and oxygen atoms in total. The van der Waals surface area contributed by atoms with Crippen LogP contribution >= 0.6 is 11.6 Å². The van der Waals surface area contributed by atoms with Crippen LogP contribution in [0.2, 0.25) is 5.02 Å². The number of likely N-dealkylation sites (tertiary alicyclic amines) is 1. The Morgan fingerprint density at radius 3 is 2.81 bits per heavy atom. The number of carbonyl (C=O) groups excluding carboxylic acids is 1. The number of nitrogens with one attached hydrogen (secondary N) is 1. The largest absolute Gasteiger partial charge is 0.338 e. The van der Waals surface area contributed by atoms with Gasteiger partial charge in [0.15, 0.2) is 0 Å². The summed E-state index contributed by atoms with van der Waals surface area (Å²) in [5.74, 6) is 0.458. The number of carbonyl (C=O) groups is 1. The molecular formula is C17H25ClN2O. The normalized spacial score (nSPS) is 19.4. The Morgan fingerprint density at radius 1 is 1.33 bits per heavy atom. The third-order valence-electron chi connectivity index (χ3n) is 3.94. The predicted octanol–water partition coefficient (Wildman–Crippen LogP) is 4.62. The number of hydrogen-bond donors (Lipinski definition) is 1. The van der Waals surface area contributed by atoms with E-state index in [1.807, 2.05) is 29.2 Å². The Labute approximate surface area is 132 Å². The molecule has 1 aromatic carbocycles. The minimum Gasteiger partial charge on any atom is -0.338 e. The first-order valence-electron chi connectivity index (χ1n) is 7.88. The highest BCUT2D eigenvalue weighted by Crippen LogP contribution is 2.34. The topological polar surface area (TPSA) is 32.3 Å². The maximum absolute atomic E-state index is 12.5. The molecule has 1 aliphatic heterocycles. The van der Waals surface area contributed by atoms with Crippen molar-refractivity contribution in [1.82, 2.24) is 10.2 Å². The molecule has 1 aliphatic rings. The van der Waals surface area contributed by atoms with Crippen molar-refractivity contribution in [2.75, 3.05) is 13.1 Å². The molecule has 4 heteroatoms. The number of urea groups is 1. The van der Waals surface area contributed by atoms with Gasteiger partial charge < -0.3 is 10.2 Å². The molecule has 116 valence electrons. The van der Waals surface area contributed by atoms with Crippen LogP contribution in [0.4, 0.5) is 4.79 Å². The molecule has 0 bridgehead atoms. The predicted molar refractivity (Wildman–Crippen MR) is 87.6 cm³/mol. The zero-order chi connectivity index (χ0) is 15.2. The second-order valence-electron chi connectivity index (χ2n) is 6.16. The molecule has 21 heavy (non-hydrogen) atoms. The number of hydrogen-bond acceptors (Lipinski definition) is 1. The molecule has 1 aromatic rings. The number of amides is 2. The lowest BCUT2D eigenvalue weighted by Gasteiger charge is -2.31. The van der Waals surface area contributed by atoms with Crippen LogP contribution in [0.15, 0.2) is 24.3 Å². The monoisotopic (exact) mass is 308 g/mol. The van der Waals surface area contributed by atoms with Crippen molar-refractivity contribution in [2.24, 2.45) is 5.92 Å². The summed E-state index contributed by atoms with van der Waals surface area (Å²) in [6, 6.07) is 8.01. The van der Waals surface area contributed by atoms with Gasteiger partial charge in [-0.2, -0.15) is 0 Å². The summed E-state index contributed by atoms with van der Waals surface area (Å²) in [6.45, 7) is 5.73. The van der Waals surface area contributed by atoms with Crippen molar-refractivity contribution in [3.63, 3.8) is 0 Å². The quantitative estimate of drug-likeness (QED) is 0.868. The zero-order valence-electron chi connectivity index (χ0n) is 12.9. The maximum atomic E-state index is 12.5. The summed E-state index contributed by atoms with van der Waals surface area (Å²) in [5.41, 5.74) is 1.07. The van der Waals surface area contributed by atoms with Gasteiger partial charge in [-0.15, -0.1) is 0 Å². The third-order valence-corrected chi connectivity index (χ3v) is 4.28. The Balaban J connectivity index is 2.18. The van der Waals surface area contributed by atoms with E-state index in [-0.39, 0.29) is 12.1 Å². The first kappa shape index (κ1) is 16.2. The van der Waals surface area contributed by atoms with Crippen LogP contribution in [0.5, 0.6) is 0 Å². The van der Waals surface area contributed by atoms with Crippen molar-refractivity contribution in [3.8, 4) is 0 Å². The third kappa shape index (κ3) is 4.37. The van der Waals surface area contributed by atoms with E-state index in [1.165, 1.54) is 6.42 Å². The summed E-state index contributed by atoms with van der Waals surface area (Å²) in [7, 11) is 0. The molecule has 1 N–H and O–H groups in total. The lowest BCUT2D eigenvalue weighted by atomic mass is 10.0. The van der Waals surface area contributed by atoms with Crippen molar-refractivity contribution in [3.05, 3.63) is 34.9 Å². The summed E-state index contributed by atoms with van der Waals surface area (Å²) < 4.78 is 0. The first-order valence-corrected chi connectivity index (χ1v) is 8.26. The van der Waals surface area contributed by atoms with Crippen LogP contribution in [0.1, 0.15) is 51.1 Å². The zero-order valence-corrected chi connectivity index (χ0v) is 13.7. The molecule has 1 fully saturated rings. The number of rotatable bonds is 3. The van der Waals surface area contributed by atoms with Gasteiger partial charge in [0.1, 0.15) is 0 Å². The van der Waals surface area contributed by atoms with Crippen molar-refractivity contribution >= 4 is 17.6 Å². The van der Waals surface area contributed by atoms with Gasteiger partial charge in [0.25, 0.3) is 0 Å². The Morgan fingerprint density at radius 2 is 2.10 bits per heavy atom. The smallest absolute Gasteiger partial charge is 0.317 e. The fraction of sp³-hybridized carbons (Fsp3) is 0.588. The summed E-state index contributed by atoms with van der Waals surface area (Å²) in [5, 5.41) is 3.80. The van der Waals surface area contributed by atoms with E-state index in [4.69, 9.17) is 11.6 Å². The molecule has 0 aromatic heterocycles. The average molecular weight is 309 g/mol. The highest BCUT2D eigenvalue weighted by molar-refractivity contribution is 6.31. The van der Waals surface area contributed by atoms with E-state index in [0.29, 0.717) is 12.5 Å². The number of benzene rings is 1. The number of halogens is 1. The molecule has 1 atom stereocenters. The van der Waals surface area contributed by atoms with Crippen LogP contribution < -0.4 is 5.32 Å². The van der Waals surface area contributed by atoms with Crippen LogP contribution in [-0.2, 0) is 0 Å². The average Bonchev–Trinajstić information content (AvgIpc) is 2.71. The van der Waals surface area contributed by atoms with Crippen LogP contribution in [0, 0.1) is 5.92 Å². The molecule has 1 saturated heterocycles. The fourth-order valence-corrected chi connectivity index (χ4v) is 3.07. The van der Waals surface area contributed by atoms with Crippen LogP contribution in [-0.4, -0.2) is 24.0 Å². The molecule has 2 rings (SSSR count). The van der Waals surface area contributed by atoms with E-state index in [0.717, 1.165) is 36.4 Å². The van der Waals surface area contributed by atoms with Gasteiger partial charge in [-0.25, -0.2) is 4.79 Å². The van der Waals surface area contributed by atoms with E-state index >= 15 is 0 Å². The second-order valence-corrected chi connectivity index (χ2v) is 6.57. The molecule has 0 saturated carbocycles. The van der Waals surface area contributed by atoms with Crippen molar-refractivity contribution in [2.45, 2.75) is 45.6 Å². The highest BCUT2D eigenvalue weighted by Gasteiger charge is 2.27. The Bertz CT molecular complexity index is 476. The van der Waals surface area contributed by atoms with E-state index in [9.17, 15) is 4.79 Å². The molecule has 1 heterocycles. The minimum atomic E-state index is 0.0375. The SMILES string of the molecule is CC(C)CNC(=O)N1CCCCC[C@@H]1c1ccccc1Cl. The number of nitrogens with zero attached hydrogens (tertiary/aromatic N) is 1. The van der Waals surface area contributed by atoms with Gasteiger partial charge in [0, 0.05) is 18.1 Å². The fourth-order valence-electron chi connectivity index (χ4n) is 2.81. The van der Waals surface area contributed by atoms with Gasteiger partial charge >= 0.3 is 6.03 Å².